The minimum atomic E-state index is -4.42. The van der Waals surface area contributed by atoms with Gasteiger partial charge in [-0.25, -0.2) is 0 Å². The molecule has 5 rings (SSSR count). The van der Waals surface area contributed by atoms with Crippen molar-refractivity contribution >= 4 is 21.8 Å². The highest BCUT2D eigenvalue weighted by molar-refractivity contribution is 7.86. The van der Waals surface area contributed by atoms with Crippen LogP contribution in [0.15, 0.2) is 138 Å². The predicted octanol–water partition coefficient (Wildman–Crippen LogP) is 5.60. The summed E-state index contributed by atoms with van der Waals surface area (Å²) in [4.78, 5) is -0.113. The number of benzene rings is 5. The van der Waals surface area contributed by atoms with Gasteiger partial charge in [-0.15, -0.1) is 0 Å². The molecule has 0 spiro atoms. The molecule has 0 fully saturated rings. The Labute approximate surface area is 217 Å². The third-order valence-electron chi connectivity index (χ3n) is 6.26. The molecule has 0 aliphatic heterocycles. The standard InChI is InChI=1S/C33H26O3S/c34-37(35,36)32-14-8-7-13-31(32)33(29-19-15-27(16-20-29)23-25-9-3-1-4-10-25)30-21-17-28(18-22-30)24-26-11-5-2-6-12-26/h1-23H,24H2,(H,34,35,36). The molecule has 0 aromatic heterocycles. The summed E-state index contributed by atoms with van der Waals surface area (Å²) in [7, 11) is -4.42. The van der Waals surface area contributed by atoms with Gasteiger partial charge >= 0.3 is 0 Å². The van der Waals surface area contributed by atoms with Gasteiger partial charge in [0.2, 0.25) is 0 Å². The summed E-state index contributed by atoms with van der Waals surface area (Å²) in [6.07, 6.45) is 2.90. The van der Waals surface area contributed by atoms with E-state index in [2.05, 4.69) is 30.3 Å². The molecule has 5 aromatic rings. The van der Waals surface area contributed by atoms with Crippen LogP contribution in [0, 0.1) is 0 Å². The summed E-state index contributed by atoms with van der Waals surface area (Å²) in [5.74, 6) is 0. The Kier molecular flexibility index (Phi) is 7.13. The Hall–Kier alpha value is -4.25. The molecule has 4 heteroatoms. The van der Waals surface area contributed by atoms with Crippen LogP contribution in [0.2, 0.25) is 0 Å². The Morgan fingerprint density at radius 2 is 1.19 bits per heavy atom. The maximum atomic E-state index is 12.3. The number of hydrogen-bond acceptors (Lipinski definition) is 2. The molecule has 3 nitrogen and oxygen atoms in total. The molecule has 182 valence electrons. The first-order valence-electron chi connectivity index (χ1n) is 12.0. The third-order valence-corrected chi connectivity index (χ3v) is 7.17. The van der Waals surface area contributed by atoms with E-state index in [1.807, 2.05) is 84.9 Å². The largest absolute Gasteiger partial charge is 0.295 e. The third kappa shape index (κ3) is 5.95. The van der Waals surface area contributed by atoms with Gasteiger partial charge in [0.05, 0.1) is 0 Å². The molecular formula is C33H26O3S. The van der Waals surface area contributed by atoms with Gasteiger partial charge in [-0.1, -0.05) is 127 Å². The van der Waals surface area contributed by atoms with Crippen molar-refractivity contribution in [2.75, 3.05) is 0 Å². The summed E-state index contributed by atoms with van der Waals surface area (Å²) in [6, 6.07) is 43.1. The molecule has 0 radical (unpaired) electrons. The van der Waals surface area contributed by atoms with Crippen LogP contribution >= 0.6 is 0 Å². The van der Waals surface area contributed by atoms with Crippen LogP contribution in [0.4, 0.5) is 0 Å². The maximum Gasteiger partial charge on any atom is 0.295 e. The lowest BCUT2D eigenvalue weighted by Crippen LogP contribution is -2.14. The van der Waals surface area contributed by atoms with Crippen LogP contribution in [-0.4, -0.2) is 13.0 Å². The zero-order valence-corrected chi connectivity index (χ0v) is 21.0. The van der Waals surface area contributed by atoms with Crippen molar-refractivity contribution in [2.45, 2.75) is 11.3 Å². The second-order valence-electron chi connectivity index (χ2n) is 8.88. The molecule has 5 aromatic carbocycles. The molecule has 0 aliphatic rings. The van der Waals surface area contributed by atoms with Crippen LogP contribution in [0.1, 0.15) is 27.8 Å². The van der Waals surface area contributed by atoms with E-state index in [4.69, 9.17) is 0 Å². The molecule has 0 amide bonds. The van der Waals surface area contributed by atoms with Crippen molar-refractivity contribution in [3.63, 3.8) is 0 Å². The first kappa shape index (κ1) is 24.4. The summed E-state index contributed by atoms with van der Waals surface area (Å²) in [5, 5.41) is 1.90. The lowest BCUT2D eigenvalue weighted by atomic mass is 9.93. The molecule has 0 bridgehead atoms. The average Bonchev–Trinajstić information content (AvgIpc) is 2.92. The quantitative estimate of drug-likeness (QED) is 0.308. The number of hydrogen-bond donors (Lipinski definition) is 1. The van der Waals surface area contributed by atoms with Gasteiger partial charge < -0.3 is 0 Å². The first-order chi connectivity index (χ1) is 18.0. The first-order valence-corrected chi connectivity index (χ1v) is 13.5. The highest BCUT2D eigenvalue weighted by atomic mass is 32.2. The maximum absolute atomic E-state index is 12.3. The van der Waals surface area contributed by atoms with Gasteiger partial charge in [-0.3, -0.25) is 4.55 Å². The highest BCUT2D eigenvalue weighted by Gasteiger charge is 2.19. The normalized spacial score (nSPS) is 11.2. The molecule has 1 N–H and O–H groups in total. The molecule has 0 saturated carbocycles. The zero-order valence-electron chi connectivity index (χ0n) is 20.2. The van der Waals surface area contributed by atoms with E-state index in [0.717, 1.165) is 39.1 Å². The predicted molar refractivity (Wildman–Crippen MR) is 149 cm³/mol. The van der Waals surface area contributed by atoms with Crippen molar-refractivity contribution < 1.29 is 13.0 Å². The molecule has 0 saturated heterocycles. The van der Waals surface area contributed by atoms with E-state index in [-0.39, 0.29) is 4.90 Å². The van der Waals surface area contributed by atoms with Gasteiger partial charge in [-0.05, 0) is 56.8 Å². The van der Waals surface area contributed by atoms with E-state index < -0.39 is 10.1 Å². The van der Waals surface area contributed by atoms with Crippen molar-refractivity contribution in [3.8, 4) is 0 Å². The molecule has 0 atom stereocenters. The zero-order chi connectivity index (χ0) is 25.7. The van der Waals surface area contributed by atoms with E-state index >= 15 is 0 Å². The molecular weight excluding hydrogens is 476 g/mol. The fourth-order valence-corrected chi connectivity index (χ4v) is 5.18. The van der Waals surface area contributed by atoms with Crippen molar-refractivity contribution in [3.05, 3.63) is 172 Å². The fourth-order valence-electron chi connectivity index (χ4n) is 4.48. The fraction of sp³-hybridized carbons (Fsp3) is 0.0303. The van der Waals surface area contributed by atoms with E-state index in [0.29, 0.717) is 5.56 Å². The van der Waals surface area contributed by atoms with Crippen molar-refractivity contribution in [2.24, 2.45) is 0 Å². The van der Waals surface area contributed by atoms with Gasteiger partial charge in [0.25, 0.3) is 10.1 Å². The Morgan fingerprint density at radius 3 is 1.84 bits per heavy atom. The monoisotopic (exact) mass is 502 g/mol. The Balaban J connectivity index is 1.65. The smallest absolute Gasteiger partial charge is 0.282 e. The second-order valence-corrected chi connectivity index (χ2v) is 10.3. The van der Waals surface area contributed by atoms with Crippen LogP contribution < -0.4 is 10.4 Å². The summed E-state index contributed by atoms with van der Waals surface area (Å²) < 4.78 is 34.5. The van der Waals surface area contributed by atoms with Crippen LogP contribution in [0.5, 0.6) is 0 Å². The van der Waals surface area contributed by atoms with E-state index in [1.54, 1.807) is 18.2 Å². The Bertz CT molecular complexity index is 1720. The Morgan fingerprint density at radius 1 is 0.622 bits per heavy atom. The van der Waals surface area contributed by atoms with Gasteiger partial charge in [-0.2, -0.15) is 8.42 Å². The van der Waals surface area contributed by atoms with E-state index in [9.17, 15) is 13.0 Å². The summed E-state index contributed by atoms with van der Waals surface area (Å²) in [6.45, 7) is 0. The van der Waals surface area contributed by atoms with Gasteiger partial charge in [0.1, 0.15) is 4.90 Å². The van der Waals surface area contributed by atoms with Crippen molar-refractivity contribution in [1.29, 1.82) is 0 Å². The summed E-state index contributed by atoms with van der Waals surface area (Å²) >= 11 is 0. The topological polar surface area (TPSA) is 54.4 Å². The lowest BCUT2D eigenvalue weighted by Gasteiger charge is -2.13. The van der Waals surface area contributed by atoms with Crippen LogP contribution in [0.25, 0.3) is 11.6 Å². The SMILES string of the molecule is O=S(=O)(O)c1ccccc1C(c1ccc(Cc2ccccc2)cc1)=c1ccc(=Cc2ccccc2)cc1. The molecule has 0 aliphatic carbocycles. The lowest BCUT2D eigenvalue weighted by molar-refractivity contribution is 0.483. The number of rotatable bonds is 6. The highest BCUT2D eigenvalue weighted by Crippen LogP contribution is 2.27. The molecule has 0 unspecified atom stereocenters. The van der Waals surface area contributed by atoms with Gasteiger partial charge in [0.15, 0.2) is 0 Å². The average molecular weight is 503 g/mol. The molecule has 37 heavy (non-hydrogen) atoms. The molecule has 0 heterocycles. The second kappa shape index (κ2) is 10.8. The minimum absolute atomic E-state index is 0.113. The van der Waals surface area contributed by atoms with E-state index in [1.165, 1.54) is 11.6 Å². The van der Waals surface area contributed by atoms with Crippen LogP contribution in [0.3, 0.4) is 0 Å². The summed E-state index contributed by atoms with van der Waals surface area (Å²) in [5.41, 5.74) is 5.55. The van der Waals surface area contributed by atoms with Crippen molar-refractivity contribution in [1.82, 2.24) is 0 Å². The van der Waals surface area contributed by atoms with Gasteiger partial charge in [0, 0.05) is 5.56 Å². The van der Waals surface area contributed by atoms with Crippen LogP contribution in [-0.2, 0) is 16.5 Å². The minimum Gasteiger partial charge on any atom is -0.282 e.